The Morgan fingerprint density at radius 3 is 2.75 bits per heavy atom. The van der Waals surface area contributed by atoms with E-state index in [4.69, 9.17) is 40.1 Å². The van der Waals surface area contributed by atoms with Gasteiger partial charge in [-0.3, -0.25) is 0 Å². The highest BCUT2D eigenvalue weighted by Gasteiger charge is 2.12. The van der Waals surface area contributed by atoms with Crippen molar-refractivity contribution in [1.82, 2.24) is 20.6 Å². The van der Waals surface area contributed by atoms with Gasteiger partial charge in [-0.25, -0.2) is 0 Å². The molecule has 0 saturated carbocycles. The predicted molar refractivity (Wildman–Crippen MR) is 77.6 cm³/mol. The number of anilines is 1. The molecule has 102 valence electrons. The van der Waals surface area contributed by atoms with Crippen molar-refractivity contribution >= 4 is 46.1 Å². The third kappa shape index (κ3) is 2.85. The lowest BCUT2D eigenvalue weighted by atomic mass is 10.2. The minimum atomic E-state index is 0.165. The summed E-state index contributed by atoms with van der Waals surface area (Å²) < 4.78 is 0. The van der Waals surface area contributed by atoms with Crippen LogP contribution in [-0.4, -0.2) is 20.6 Å². The molecule has 0 unspecified atom stereocenters. The molecular weight excluding hydrogens is 323 g/mol. The van der Waals surface area contributed by atoms with E-state index in [2.05, 4.69) is 25.9 Å². The summed E-state index contributed by atoms with van der Waals surface area (Å²) in [5, 5.41) is 26.2. The first-order chi connectivity index (χ1) is 9.54. The highest BCUT2D eigenvalue weighted by molar-refractivity contribution is 6.42. The number of aromatic nitrogens is 4. The number of H-pyrrole nitrogens is 1. The Labute approximate surface area is 129 Å². The number of rotatable bonds is 3. The second-order valence-electron chi connectivity index (χ2n) is 3.70. The molecule has 9 heteroatoms. The highest BCUT2D eigenvalue weighted by Crippen LogP contribution is 2.37. The SMILES string of the molecule is Cc1c(Cl)cc(Cl)c(NC=C(C#N)c2nn[nH]n2)c1Cl. The standard InChI is InChI=1S/C11H7Cl3N6/c1-5-7(12)2-8(13)10(9(5)14)16-4-6(3-15)11-17-19-20-18-11/h2,4,16H,1H3,(H,17,18,19,20). The molecule has 0 atom stereocenters. The van der Waals surface area contributed by atoms with Crippen LogP contribution in [0.5, 0.6) is 0 Å². The van der Waals surface area contributed by atoms with E-state index in [-0.39, 0.29) is 11.4 Å². The first kappa shape index (κ1) is 14.6. The summed E-state index contributed by atoms with van der Waals surface area (Å²) in [6.07, 6.45) is 1.39. The van der Waals surface area contributed by atoms with Crippen molar-refractivity contribution in [2.24, 2.45) is 0 Å². The Morgan fingerprint density at radius 1 is 1.40 bits per heavy atom. The van der Waals surface area contributed by atoms with Gasteiger partial charge in [-0.15, -0.1) is 10.2 Å². The zero-order valence-corrected chi connectivity index (χ0v) is 12.3. The van der Waals surface area contributed by atoms with E-state index < -0.39 is 0 Å². The monoisotopic (exact) mass is 328 g/mol. The Balaban J connectivity index is 2.36. The lowest BCUT2D eigenvalue weighted by Crippen LogP contribution is -1.96. The minimum Gasteiger partial charge on any atom is -0.358 e. The molecule has 2 N–H and O–H groups in total. The summed E-state index contributed by atoms with van der Waals surface area (Å²) in [5.41, 5.74) is 1.32. The van der Waals surface area contributed by atoms with Crippen LogP contribution in [0.2, 0.25) is 15.1 Å². The van der Waals surface area contributed by atoms with E-state index in [1.165, 1.54) is 6.20 Å². The third-order valence-corrected chi connectivity index (χ3v) is 3.63. The summed E-state index contributed by atoms with van der Waals surface area (Å²) in [7, 11) is 0. The highest BCUT2D eigenvalue weighted by atomic mass is 35.5. The van der Waals surface area contributed by atoms with Crippen molar-refractivity contribution in [3.8, 4) is 6.07 Å². The summed E-state index contributed by atoms with van der Waals surface area (Å²) >= 11 is 18.2. The average molecular weight is 330 g/mol. The van der Waals surface area contributed by atoms with Crippen LogP contribution in [0.4, 0.5) is 5.69 Å². The predicted octanol–water partition coefficient (Wildman–Crippen LogP) is 3.44. The molecule has 1 aromatic heterocycles. The Morgan fingerprint density at radius 2 is 2.15 bits per heavy atom. The van der Waals surface area contributed by atoms with Gasteiger partial charge in [0.05, 0.1) is 15.7 Å². The zero-order chi connectivity index (χ0) is 14.7. The van der Waals surface area contributed by atoms with E-state index in [1.54, 1.807) is 13.0 Å². The quantitative estimate of drug-likeness (QED) is 0.842. The van der Waals surface area contributed by atoms with Crippen LogP contribution in [-0.2, 0) is 0 Å². The molecule has 1 aromatic carbocycles. The van der Waals surface area contributed by atoms with Gasteiger partial charge in [0.15, 0.2) is 0 Å². The van der Waals surface area contributed by atoms with E-state index in [1.807, 2.05) is 6.07 Å². The molecule has 0 saturated heterocycles. The van der Waals surface area contributed by atoms with Crippen LogP contribution in [0.25, 0.3) is 5.57 Å². The number of halogens is 3. The number of hydrogen-bond donors (Lipinski definition) is 2. The van der Waals surface area contributed by atoms with Gasteiger partial charge in [0.25, 0.3) is 0 Å². The summed E-state index contributed by atoms with van der Waals surface area (Å²) in [5.74, 6) is 0.165. The molecule has 1 heterocycles. The number of benzene rings is 1. The number of nitriles is 1. The number of nitrogens with zero attached hydrogens (tertiary/aromatic N) is 4. The van der Waals surface area contributed by atoms with Crippen LogP contribution in [0.15, 0.2) is 12.3 Å². The van der Waals surface area contributed by atoms with Gasteiger partial charge in [0.2, 0.25) is 5.82 Å². The van der Waals surface area contributed by atoms with Crippen LogP contribution in [0, 0.1) is 18.3 Å². The maximum atomic E-state index is 9.05. The first-order valence-electron chi connectivity index (χ1n) is 5.29. The summed E-state index contributed by atoms with van der Waals surface area (Å²) in [6, 6.07) is 3.51. The fourth-order valence-corrected chi connectivity index (χ4v) is 2.26. The van der Waals surface area contributed by atoms with Crippen molar-refractivity contribution in [3.05, 3.63) is 38.7 Å². The largest absolute Gasteiger partial charge is 0.358 e. The number of tetrazole rings is 1. The molecular formula is C11H7Cl3N6. The first-order valence-corrected chi connectivity index (χ1v) is 6.42. The molecule has 20 heavy (non-hydrogen) atoms. The normalized spacial score (nSPS) is 11.2. The minimum absolute atomic E-state index is 0.165. The van der Waals surface area contributed by atoms with Crippen molar-refractivity contribution < 1.29 is 0 Å². The molecule has 0 aliphatic rings. The van der Waals surface area contributed by atoms with Crippen LogP contribution in [0.1, 0.15) is 11.4 Å². The van der Waals surface area contributed by atoms with E-state index in [0.717, 1.165) is 0 Å². The number of allylic oxidation sites excluding steroid dienone is 1. The molecule has 0 amide bonds. The lowest BCUT2D eigenvalue weighted by molar-refractivity contribution is 0.881. The number of aromatic amines is 1. The summed E-state index contributed by atoms with van der Waals surface area (Å²) in [6.45, 7) is 1.76. The summed E-state index contributed by atoms with van der Waals surface area (Å²) in [4.78, 5) is 0. The molecule has 0 radical (unpaired) electrons. The molecule has 6 nitrogen and oxygen atoms in total. The molecule has 2 aromatic rings. The maximum absolute atomic E-state index is 9.05. The van der Waals surface area contributed by atoms with E-state index in [0.29, 0.717) is 26.3 Å². The van der Waals surface area contributed by atoms with E-state index >= 15 is 0 Å². The maximum Gasteiger partial charge on any atom is 0.216 e. The van der Waals surface area contributed by atoms with Gasteiger partial charge in [-0.05, 0) is 23.8 Å². The molecule has 0 spiro atoms. The van der Waals surface area contributed by atoms with E-state index in [9.17, 15) is 0 Å². The molecule has 0 aliphatic carbocycles. The Bertz CT molecular complexity index is 702. The Kier molecular flexibility index (Phi) is 4.45. The zero-order valence-electron chi connectivity index (χ0n) is 10.1. The van der Waals surface area contributed by atoms with Gasteiger partial charge < -0.3 is 5.32 Å². The molecule has 0 aliphatic heterocycles. The van der Waals surface area contributed by atoms with Gasteiger partial charge >= 0.3 is 0 Å². The molecule has 0 bridgehead atoms. The molecule has 0 fully saturated rings. The van der Waals surface area contributed by atoms with Crippen LogP contribution < -0.4 is 5.32 Å². The smallest absolute Gasteiger partial charge is 0.216 e. The topological polar surface area (TPSA) is 90.3 Å². The fourth-order valence-electron chi connectivity index (χ4n) is 1.39. The number of nitrogens with one attached hydrogen (secondary N) is 2. The number of hydrogen-bond acceptors (Lipinski definition) is 5. The fraction of sp³-hybridized carbons (Fsp3) is 0.0909. The molecule has 2 rings (SSSR count). The Hall–Kier alpha value is -1.81. The second-order valence-corrected chi connectivity index (χ2v) is 4.90. The third-order valence-electron chi connectivity index (χ3n) is 2.47. The van der Waals surface area contributed by atoms with Gasteiger partial charge in [0, 0.05) is 11.2 Å². The lowest BCUT2D eigenvalue weighted by Gasteiger charge is -2.10. The average Bonchev–Trinajstić information content (AvgIpc) is 2.94. The van der Waals surface area contributed by atoms with Gasteiger partial charge in [-0.2, -0.15) is 10.5 Å². The second kappa shape index (κ2) is 6.09. The van der Waals surface area contributed by atoms with Crippen molar-refractivity contribution in [3.63, 3.8) is 0 Å². The van der Waals surface area contributed by atoms with Crippen LogP contribution in [0.3, 0.4) is 0 Å². The van der Waals surface area contributed by atoms with Crippen molar-refractivity contribution in [2.75, 3.05) is 5.32 Å². The van der Waals surface area contributed by atoms with Crippen molar-refractivity contribution in [2.45, 2.75) is 6.92 Å². The van der Waals surface area contributed by atoms with Crippen LogP contribution >= 0.6 is 34.8 Å². The van der Waals surface area contributed by atoms with Crippen molar-refractivity contribution in [1.29, 1.82) is 5.26 Å². The van der Waals surface area contributed by atoms with Gasteiger partial charge in [0.1, 0.15) is 11.6 Å². The van der Waals surface area contributed by atoms with Gasteiger partial charge in [-0.1, -0.05) is 34.8 Å².